The van der Waals surface area contributed by atoms with E-state index >= 15 is 0 Å². The van der Waals surface area contributed by atoms with Gasteiger partial charge in [-0.25, -0.2) is 0 Å². The van der Waals surface area contributed by atoms with Crippen molar-refractivity contribution in [3.8, 4) is 16.9 Å². The first-order valence-electron chi connectivity index (χ1n) is 5.16. The standard InChI is InChI=1S/C14H11ClO2/c1-9-4-12(6-13(15)5-9)10-2-3-11(8-16)14(17)7-10/h2-8,17H,1H3. The van der Waals surface area contributed by atoms with Crippen LogP contribution >= 0.6 is 11.6 Å². The Balaban J connectivity index is 2.53. The number of halogens is 1. The molecule has 0 heterocycles. The van der Waals surface area contributed by atoms with Crippen molar-refractivity contribution >= 4 is 17.9 Å². The van der Waals surface area contributed by atoms with Crippen LogP contribution in [0.5, 0.6) is 5.75 Å². The average molecular weight is 247 g/mol. The van der Waals surface area contributed by atoms with Crippen molar-refractivity contribution in [2.24, 2.45) is 0 Å². The normalized spacial score (nSPS) is 10.2. The Kier molecular flexibility index (Phi) is 3.16. The van der Waals surface area contributed by atoms with Crippen molar-refractivity contribution in [3.63, 3.8) is 0 Å². The van der Waals surface area contributed by atoms with E-state index in [1.165, 1.54) is 0 Å². The van der Waals surface area contributed by atoms with Gasteiger partial charge in [0, 0.05) is 5.02 Å². The summed E-state index contributed by atoms with van der Waals surface area (Å²) < 4.78 is 0. The van der Waals surface area contributed by atoms with E-state index in [1.807, 2.05) is 25.1 Å². The summed E-state index contributed by atoms with van der Waals surface area (Å²) in [7, 11) is 0. The van der Waals surface area contributed by atoms with E-state index in [4.69, 9.17) is 11.6 Å². The first-order chi connectivity index (χ1) is 8.10. The maximum Gasteiger partial charge on any atom is 0.153 e. The van der Waals surface area contributed by atoms with Crippen LogP contribution < -0.4 is 0 Å². The van der Waals surface area contributed by atoms with Gasteiger partial charge in [0.05, 0.1) is 5.56 Å². The molecule has 2 aromatic carbocycles. The second-order valence-electron chi connectivity index (χ2n) is 3.91. The van der Waals surface area contributed by atoms with E-state index < -0.39 is 0 Å². The summed E-state index contributed by atoms with van der Waals surface area (Å²) >= 11 is 5.98. The van der Waals surface area contributed by atoms with Gasteiger partial charge in [0.2, 0.25) is 0 Å². The van der Waals surface area contributed by atoms with Crippen molar-refractivity contribution in [1.29, 1.82) is 0 Å². The molecule has 0 bridgehead atoms. The van der Waals surface area contributed by atoms with Crippen LogP contribution in [0.3, 0.4) is 0 Å². The Bertz CT molecular complexity index is 556. The number of phenolic OH excluding ortho intramolecular Hbond substituents is 1. The Hall–Kier alpha value is -1.80. The number of phenols is 1. The molecule has 2 aromatic rings. The van der Waals surface area contributed by atoms with Crippen molar-refractivity contribution in [2.45, 2.75) is 6.92 Å². The SMILES string of the molecule is Cc1cc(Cl)cc(-c2ccc(C=O)c(O)c2)c1. The minimum Gasteiger partial charge on any atom is -0.507 e. The van der Waals surface area contributed by atoms with E-state index in [2.05, 4.69) is 0 Å². The predicted octanol–water partition coefficient (Wildman–Crippen LogP) is 3.83. The minimum absolute atomic E-state index is 0.0184. The second kappa shape index (κ2) is 4.60. The molecule has 0 saturated heterocycles. The molecule has 0 spiro atoms. The number of hydrogen-bond donors (Lipinski definition) is 1. The molecule has 3 heteroatoms. The zero-order valence-electron chi connectivity index (χ0n) is 9.27. The molecule has 17 heavy (non-hydrogen) atoms. The molecule has 0 aliphatic rings. The van der Waals surface area contributed by atoms with Crippen LogP contribution in [-0.4, -0.2) is 11.4 Å². The molecule has 1 N–H and O–H groups in total. The van der Waals surface area contributed by atoms with Crippen LogP contribution in [0.4, 0.5) is 0 Å². The second-order valence-corrected chi connectivity index (χ2v) is 4.35. The molecule has 0 radical (unpaired) electrons. The van der Waals surface area contributed by atoms with E-state index in [0.717, 1.165) is 16.7 Å². The van der Waals surface area contributed by atoms with Gasteiger partial charge in [0.15, 0.2) is 6.29 Å². The maximum atomic E-state index is 10.6. The van der Waals surface area contributed by atoms with Crippen molar-refractivity contribution in [3.05, 3.63) is 52.5 Å². The Morgan fingerprint density at radius 1 is 1.12 bits per heavy atom. The van der Waals surface area contributed by atoms with Crippen molar-refractivity contribution in [1.82, 2.24) is 0 Å². The number of aromatic hydroxyl groups is 1. The fourth-order valence-electron chi connectivity index (χ4n) is 1.73. The van der Waals surface area contributed by atoms with Gasteiger partial charge in [0.25, 0.3) is 0 Å². The van der Waals surface area contributed by atoms with Crippen LogP contribution in [0.1, 0.15) is 15.9 Å². The fourth-order valence-corrected chi connectivity index (χ4v) is 2.02. The third-order valence-corrected chi connectivity index (χ3v) is 2.75. The van der Waals surface area contributed by atoms with Gasteiger partial charge >= 0.3 is 0 Å². The molecule has 0 amide bonds. The molecule has 0 fully saturated rings. The molecule has 0 saturated carbocycles. The zero-order valence-corrected chi connectivity index (χ0v) is 10.0. The summed E-state index contributed by atoms with van der Waals surface area (Å²) in [6.45, 7) is 1.95. The first kappa shape index (κ1) is 11.7. The van der Waals surface area contributed by atoms with Gasteiger partial charge in [-0.3, -0.25) is 4.79 Å². The molecule has 0 aliphatic carbocycles. The number of carbonyl (C=O) groups is 1. The summed E-state index contributed by atoms with van der Waals surface area (Å²) in [6.07, 6.45) is 0.627. The number of hydrogen-bond acceptors (Lipinski definition) is 2. The third kappa shape index (κ3) is 2.48. The number of benzene rings is 2. The number of rotatable bonds is 2. The number of aryl methyl sites for hydroxylation is 1. The minimum atomic E-state index is -0.0184. The van der Waals surface area contributed by atoms with Gasteiger partial charge in [-0.2, -0.15) is 0 Å². The maximum absolute atomic E-state index is 10.6. The highest BCUT2D eigenvalue weighted by molar-refractivity contribution is 6.31. The van der Waals surface area contributed by atoms with Crippen LogP contribution in [0, 0.1) is 6.92 Å². The summed E-state index contributed by atoms with van der Waals surface area (Å²) in [5.74, 6) is -0.0184. The fraction of sp³-hybridized carbons (Fsp3) is 0.0714. The summed E-state index contributed by atoms with van der Waals surface area (Å²) in [5, 5.41) is 10.3. The molecular formula is C14H11ClO2. The molecule has 2 nitrogen and oxygen atoms in total. The number of aldehydes is 1. The summed E-state index contributed by atoms with van der Waals surface area (Å²) in [4.78, 5) is 10.6. The van der Waals surface area contributed by atoms with Crippen LogP contribution in [-0.2, 0) is 0 Å². The van der Waals surface area contributed by atoms with E-state index in [9.17, 15) is 9.90 Å². The van der Waals surface area contributed by atoms with E-state index in [1.54, 1.807) is 18.2 Å². The Labute approximate surface area is 104 Å². The monoisotopic (exact) mass is 246 g/mol. The third-order valence-electron chi connectivity index (χ3n) is 2.53. The lowest BCUT2D eigenvalue weighted by Crippen LogP contribution is -1.84. The van der Waals surface area contributed by atoms with Crippen LogP contribution in [0.25, 0.3) is 11.1 Å². The summed E-state index contributed by atoms with van der Waals surface area (Å²) in [5.41, 5.74) is 3.08. The lowest BCUT2D eigenvalue weighted by molar-refractivity contribution is 0.112. The van der Waals surface area contributed by atoms with E-state index in [0.29, 0.717) is 11.3 Å². The lowest BCUT2D eigenvalue weighted by Gasteiger charge is -2.06. The van der Waals surface area contributed by atoms with Gasteiger partial charge in [-0.1, -0.05) is 23.7 Å². The molecule has 0 aliphatic heterocycles. The average Bonchev–Trinajstić information content (AvgIpc) is 2.27. The Morgan fingerprint density at radius 2 is 1.88 bits per heavy atom. The van der Waals surface area contributed by atoms with Crippen molar-refractivity contribution < 1.29 is 9.90 Å². The van der Waals surface area contributed by atoms with Crippen LogP contribution in [0.2, 0.25) is 5.02 Å². The molecule has 86 valence electrons. The number of carbonyl (C=O) groups excluding carboxylic acids is 1. The molecule has 0 atom stereocenters. The Morgan fingerprint density at radius 3 is 2.47 bits per heavy atom. The predicted molar refractivity (Wildman–Crippen MR) is 68.7 cm³/mol. The first-order valence-corrected chi connectivity index (χ1v) is 5.54. The highest BCUT2D eigenvalue weighted by Gasteiger charge is 2.05. The van der Waals surface area contributed by atoms with Crippen molar-refractivity contribution in [2.75, 3.05) is 0 Å². The van der Waals surface area contributed by atoms with Gasteiger partial charge in [-0.05, 0) is 47.9 Å². The molecular weight excluding hydrogens is 236 g/mol. The zero-order chi connectivity index (χ0) is 12.4. The largest absolute Gasteiger partial charge is 0.507 e. The lowest BCUT2D eigenvalue weighted by atomic mass is 10.0. The topological polar surface area (TPSA) is 37.3 Å². The summed E-state index contributed by atoms with van der Waals surface area (Å²) in [6, 6.07) is 10.6. The van der Waals surface area contributed by atoms with Gasteiger partial charge in [0.1, 0.15) is 5.75 Å². The van der Waals surface area contributed by atoms with Crippen LogP contribution in [0.15, 0.2) is 36.4 Å². The molecule has 2 rings (SSSR count). The van der Waals surface area contributed by atoms with E-state index in [-0.39, 0.29) is 11.3 Å². The van der Waals surface area contributed by atoms with Gasteiger partial charge in [-0.15, -0.1) is 0 Å². The quantitative estimate of drug-likeness (QED) is 0.818. The highest BCUT2D eigenvalue weighted by atomic mass is 35.5. The molecule has 0 unspecified atom stereocenters. The highest BCUT2D eigenvalue weighted by Crippen LogP contribution is 2.28. The smallest absolute Gasteiger partial charge is 0.153 e. The molecule has 0 aromatic heterocycles. The van der Waals surface area contributed by atoms with Gasteiger partial charge < -0.3 is 5.11 Å².